The van der Waals surface area contributed by atoms with E-state index in [0.29, 0.717) is 4.69 Å². The molecule has 1 aromatic rings. The van der Waals surface area contributed by atoms with Crippen molar-refractivity contribution in [1.29, 1.82) is 0 Å². The molecule has 0 aliphatic rings. The zero-order chi connectivity index (χ0) is 5.98. The van der Waals surface area contributed by atoms with Crippen LogP contribution in [0.5, 0.6) is 0 Å². The number of aldehydes is 1. The van der Waals surface area contributed by atoms with Gasteiger partial charge in [0.15, 0.2) is 0 Å². The van der Waals surface area contributed by atoms with Gasteiger partial charge in [0.05, 0.1) is 0 Å². The van der Waals surface area contributed by atoms with Gasteiger partial charge in [-0.1, -0.05) is 0 Å². The van der Waals surface area contributed by atoms with Crippen LogP contribution in [0.25, 0.3) is 0 Å². The number of rotatable bonds is 1. The molecule has 0 amide bonds. The van der Waals surface area contributed by atoms with Gasteiger partial charge in [0, 0.05) is 0 Å². The fourth-order valence-corrected chi connectivity index (χ4v) is 1.41. The van der Waals surface area contributed by atoms with Gasteiger partial charge in [-0.3, -0.25) is 0 Å². The molecule has 0 aliphatic carbocycles. The molecule has 0 spiro atoms. The molecule has 1 rings (SSSR count). The molecule has 0 atom stereocenters. The van der Waals surface area contributed by atoms with E-state index in [4.69, 9.17) is 5.73 Å². The topological polar surface area (TPSA) is 56.0 Å². The van der Waals surface area contributed by atoms with Crippen molar-refractivity contribution < 1.29 is 4.79 Å². The average Bonchev–Trinajstić information content (AvgIpc) is 2.14. The van der Waals surface area contributed by atoms with Crippen LogP contribution in [0.4, 0.5) is 4.69 Å². The number of anilines is 1. The minimum absolute atomic E-state index is 0.0156. The van der Waals surface area contributed by atoms with E-state index < -0.39 is 0 Å². The molecule has 0 bridgehead atoms. The van der Waals surface area contributed by atoms with Crippen molar-refractivity contribution >= 4 is 25.5 Å². The van der Waals surface area contributed by atoms with Crippen LogP contribution in [0.3, 0.4) is 0 Å². The van der Waals surface area contributed by atoms with Crippen molar-refractivity contribution in [1.82, 2.24) is 4.98 Å². The predicted octanol–water partition coefficient (Wildman–Crippen LogP) is -0.467. The first kappa shape index (κ1) is 5.53. The Labute approximate surface area is 52.3 Å². The Bertz CT molecular complexity index is 196. The van der Waals surface area contributed by atoms with Crippen LogP contribution in [0.2, 0.25) is 0 Å². The Balaban J connectivity index is 3.00. The van der Waals surface area contributed by atoms with Crippen LogP contribution in [-0.2, 0) is 0 Å². The number of hydrogen-bond acceptors (Lipinski definition) is 3. The third-order valence-corrected chi connectivity index (χ3v) is 2.24. The number of carbonyl (C=O) groups excluding carboxylic acids is 1. The van der Waals surface area contributed by atoms with E-state index in [1.54, 1.807) is 0 Å². The second-order valence-electron chi connectivity index (χ2n) is 1.22. The van der Waals surface area contributed by atoms with E-state index in [2.05, 4.69) is 4.98 Å². The molecule has 4 heteroatoms. The number of aromatic nitrogens is 1. The van der Waals surface area contributed by atoms with Crippen LogP contribution >= 0.6 is 0 Å². The summed E-state index contributed by atoms with van der Waals surface area (Å²) in [5, 5.41) is 0. The van der Waals surface area contributed by atoms with Crippen LogP contribution < -0.4 is 5.73 Å². The summed E-state index contributed by atoms with van der Waals surface area (Å²) >= 11 is 0.0156. The van der Waals surface area contributed by atoms with Crippen molar-refractivity contribution in [3.8, 4) is 0 Å². The number of nitrogens with zero attached hydrogens (tertiary/aromatic N) is 1. The van der Waals surface area contributed by atoms with Crippen molar-refractivity contribution in [3.63, 3.8) is 0 Å². The summed E-state index contributed by atoms with van der Waals surface area (Å²) < 4.78 is 1.30. The molecule has 8 heavy (non-hydrogen) atoms. The molecule has 0 aromatic carbocycles. The quantitative estimate of drug-likeness (QED) is 0.463. The van der Waals surface area contributed by atoms with Gasteiger partial charge in [0.2, 0.25) is 0 Å². The molecule has 0 saturated heterocycles. The number of carbonyl (C=O) groups is 1. The van der Waals surface area contributed by atoms with E-state index in [0.717, 1.165) is 10.7 Å². The van der Waals surface area contributed by atoms with Gasteiger partial charge in [-0.25, -0.2) is 0 Å². The van der Waals surface area contributed by atoms with Gasteiger partial charge in [0.25, 0.3) is 0 Å². The zero-order valence-corrected chi connectivity index (χ0v) is 5.71. The van der Waals surface area contributed by atoms with Gasteiger partial charge in [-0.15, -0.1) is 0 Å². The van der Waals surface area contributed by atoms with Gasteiger partial charge in [-0.05, 0) is 0 Å². The Morgan fingerprint density at radius 3 is 2.88 bits per heavy atom. The van der Waals surface area contributed by atoms with Crippen LogP contribution in [0, 0.1) is 0 Å². The standard InChI is InChI=1S/C4H4N2OSe/c5-4-6-1-3(2-7)8-4/h1-2H,(H2,5,6). The van der Waals surface area contributed by atoms with Crippen molar-refractivity contribution in [2.24, 2.45) is 0 Å². The SMILES string of the molecule is Nc1ncc(C=O)[se]1. The van der Waals surface area contributed by atoms with E-state index >= 15 is 0 Å². The van der Waals surface area contributed by atoms with Gasteiger partial charge in [0.1, 0.15) is 0 Å². The molecule has 0 aliphatic heterocycles. The zero-order valence-electron chi connectivity index (χ0n) is 4.00. The number of nitrogens with two attached hydrogens (primary N) is 1. The van der Waals surface area contributed by atoms with Gasteiger partial charge >= 0.3 is 51.6 Å². The van der Waals surface area contributed by atoms with Crippen LogP contribution in [0.1, 0.15) is 9.23 Å². The van der Waals surface area contributed by atoms with Gasteiger partial charge in [-0.2, -0.15) is 0 Å². The summed E-state index contributed by atoms with van der Waals surface area (Å²) in [6.45, 7) is 0. The first-order chi connectivity index (χ1) is 3.83. The van der Waals surface area contributed by atoms with Crippen molar-refractivity contribution in [2.75, 3.05) is 5.73 Å². The molecule has 0 unspecified atom stereocenters. The second-order valence-corrected chi connectivity index (χ2v) is 3.51. The fourth-order valence-electron chi connectivity index (χ4n) is 0.355. The molecule has 42 valence electrons. The predicted molar refractivity (Wildman–Crippen MR) is 31.0 cm³/mol. The van der Waals surface area contributed by atoms with E-state index in [1.165, 1.54) is 6.20 Å². The Morgan fingerprint density at radius 1 is 1.88 bits per heavy atom. The molecule has 0 saturated carbocycles. The molecule has 1 aromatic heterocycles. The Hall–Kier alpha value is -0.601. The van der Waals surface area contributed by atoms with E-state index in [9.17, 15) is 4.79 Å². The number of nitrogen functional groups attached to an aromatic ring is 1. The molecule has 0 fully saturated rings. The van der Waals surface area contributed by atoms with Crippen LogP contribution in [-0.4, -0.2) is 25.8 Å². The van der Waals surface area contributed by atoms with Crippen LogP contribution in [0.15, 0.2) is 6.20 Å². The molecule has 3 nitrogen and oxygen atoms in total. The second kappa shape index (κ2) is 2.11. The third kappa shape index (κ3) is 0.966. The monoisotopic (exact) mass is 176 g/mol. The third-order valence-electron chi connectivity index (χ3n) is 0.658. The first-order valence-electron chi connectivity index (χ1n) is 1.99. The van der Waals surface area contributed by atoms with E-state index in [-0.39, 0.29) is 14.5 Å². The minimum atomic E-state index is 0.0156. The maximum atomic E-state index is 9.97. The normalized spacial score (nSPS) is 9.00. The van der Waals surface area contributed by atoms with Crippen molar-refractivity contribution in [3.05, 3.63) is 10.6 Å². The number of hydrogen-bond donors (Lipinski definition) is 1. The fraction of sp³-hybridized carbons (Fsp3) is 0. The molecular formula is C4H4N2OSe. The Morgan fingerprint density at radius 2 is 2.62 bits per heavy atom. The summed E-state index contributed by atoms with van der Waals surface area (Å²) in [5.74, 6) is 0. The summed E-state index contributed by atoms with van der Waals surface area (Å²) in [5.41, 5.74) is 5.27. The summed E-state index contributed by atoms with van der Waals surface area (Å²) in [6.07, 6.45) is 2.31. The molecule has 0 radical (unpaired) electrons. The summed E-state index contributed by atoms with van der Waals surface area (Å²) in [6, 6.07) is 0. The maximum absolute atomic E-state index is 9.97. The molecule has 1 heterocycles. The van der Waals surface area contributed by atoms with E-state index in [1.807, 2.05) is 0 Å². The average molecular weight is 175 g/mol. The summed E-state index contributed by atoms with van der Waals surface area (Å²) in [4.78, 5) is 13.7. The van der Waals surface area contributed by atoms with Crippen molar-refractivity contribution in [2.45, 2.75) is 0 Å². The molecular weight excluding hydrogens is 171 g/mol. The Kier molecular flexibility index (Phi) is 1.46. The first-order valence-corrected chi connectivity index (χ1v) is 3.70. The summed E-state index contributed by atoms with van der Waals surface area (Å²) in [7, 11) is 0. The molecule has 2 N–H and O–H groups in total. The van der Waals surface area contributed by atoms with Gasteiger partial charge < -0.3 is 0 Å².